The SMILES string of the molecule is Br.CC(SC(=N)N)c1ccccc1. The number of rotatable bonds is 2. The molecule has 0 amide bonds. The zero-order chi connectivity index (χ0) is 8.97. The van der Waals surface area contributed by atoms with Crippen molar-refractivity contribution in [2.24, 2.45) is 5.73 Å². The van der Waals surface area contributed by atoms with E-state index in [1.807, 2.05) is 37.3 Å². The molecule has 0 spiro atoms. The topological polar surface area (TPSA) is 49.9 Å². The quantitative estimate of drug-likeness (QED) is 0.635. The molecule has 13 heavy (non-hydrogen) atoms. The minimum Gasteiger partial charge on any atom is -0.379 e. The summed E-state index contributed by atoms with van der Waals surface area (Å²) in [7, 11) is 0. The largest absolute Gasteiger partial charge is 0.379 e. The standard InChI is InChI=1S/C9H12N2S.BrH/c1-7(12-9(10)11)8-5-3-2-4-6-8;/h2-7H,1H3,(H3,10,11);1H. The van der Waals surface area contributed by atoms with Gasteiger partial charge in [0.25, 0.3) is 0 Å². The van der Waals surface area contributed by atoms with Crippen molar-refractivity contribution in [2.45, 2.75) is 12.2 Å². The fourth-order valence-corrected chi connectivity index (χ4v) is 1.66. The first-order valence-corrected chi connectivity index (χ1v) is 4.63. The summed E-state index contributed by atoms with van der Waals surface area (Å²) in [4.78, 5) is 0. The van der Waals surface area contributed by atoms with Crippen LogP contribution in [0.5, 0.6) is 0 Å². The third-order valence-electron chi connectivity index (χ3n) is 1.57. The maximum atomic E-state index is 7.11. The van der Waals surface area contributed by atoms with Crippen LogP contribution in [-0.4, -0.2) is 5.17 Å². The molecular weight excluding hydrogens is 248 g/mol. The van der Waals surface area contributed by atoms with E-state index in [0.29, 0.717) is 0 Å². The third-order valence-corrected chi connectivity index (χ3v) is 2.45. The molecule has 2 nitrogen and oxygen atoms in total. The molecule has 1 aromatic carbocycles. The Bertz CT molecular complexity index is 264. The highest BCUT2D eigenvalue weighted by Gasteiger charge is 2.05. The van der Waals surface area contributed by atoms with E-state index in [0.717, 1.165) is 0 Å². The number of hydrogen-bond acceptors (Lipinski definition) is 2. The van der Waals surface area contributed by atoms with Gasteiger partial charge in [0.15, 0.2) is 5.17 Å². The van der Waals surface area contributed by atoms with Gasteiger partial charge in [-0.1, -0.05) is 42.1 Å². The minimum atomic E-state index is 0. The zero-order valence-corrected chi connectivity index (χ0v) is 9.89. The zero-order valence-electron chi connectivity index (χ0n) is 7.36. The van der Waals surface area contributed by atoms with Gasteiger partial charge in [-0.05, 0) is 12.5 Å². The van der Waals surface area contributed by atoms with Crippen LogP contribution in [0.2, 0.25) is 0 Å². The number of thioether (sulfide) groups is 1. The highest BCUT2D eigenvalue weighted by molar-refractivity contribution is 8.93. The smallest absolute Gasteiger partial charge is 0.151 e. The van der Waals surface area contributed by atoms with Gasteiger partial charge >= 0.3 is 0 Å². The van der Waals surface area contributed by atoms with Crippen LogP contribution in [-0.2, 0) is 0 Å². The summed E-state index contributed by atoms with van der Waals surface area (Å²) in [6.45, 7) is 2.04. The maximum absolute atomic E-state index is 7.11. The molecule has 1 atom stereocenters. The molecule has 0 aromatic heterocycles. The van der Waals surface area contributed by atoms with Gasteiger partial charge < -0.3 is 5.73 Å². The minimum absolute atomic E-state index is 0. The first kappa shape index (κ1) is 12.5. The van der Waals surface area contributed by atoms with Crippen molar-refractivity contribution in [3.63, 3.8) is 0 Å². The first-order chi connectivity index (χ1) is 5.70. The Hall–Kier alpha value is -0.480. The molecule has 0 aliphatic carbocycles. The second-order valence-electron chi connectivity index (χ2n) is 2.54. The summed E-state index contributed by atoms with van der Waals surface area (Å²) < 4.78 is 0. The van der Waals surface area contributed by atoms with Gasteiger partial charge in [0.2, 0.25) is 0 Å². The average Bonchev–Trinajstić information content (AvgIpc) is 2.05. The Labute approximate surface area is 93.2 Å². The molecule has 4 heteroatoms. The number of benzene rings is 1. The Kier molecular flexibility index (Phi) is 5.82. The fourth-order valence-electron chi connectivity index (χ4n) is 0.983. The van der Waals surface area contributed by atoms with Gasteiger partial charge in [0, 0.05) is 5.25 Å². The van der Waals surface area contributed by atoms with E-state index in [4.69, 9.17) is 11.1 Å². The van der Waals surface area contributed by atoms with E-state index in [1.165, 1.54) is 17.3 Å². The Morgan fingerprint density at radius 2 is 1.92 bits per heavy atom. The van der Waals surface area contributed by atoms with Crippen molar-refractivity contribution in [1.82, 2.24) is 0 Å². The summed E-state index contributed by atoms with van der Waals surface area (Å²) in [5, 5.41) is 7.55. The van der Waals surface area contributed by atoms with E-state index >= 15 is 0 Å². The van der Waals surface area contributed by atoms with Crippen LogP contribution in [0.25, 0.3) is 0 Å². The lowest BCUT2D eigenvalue weighted by Gasteiger charge is -2.08. The lowest BCUT2D eigenvalue weighted by molar-refractivity contribution is 1.11. The molecule has 0 heterocycles. The van der Waals surface area contributed by atoms with Crippen molar-refractivity contribution in [3.8, 4) is 0 Å². The molecule has 1 rings (SSSR count). The second-order valence-corrected chi connectivity index (χ2v) is 3.92. The monoisotopic (exact) mass is 260 g/mol. The van der Waals surface area contributed by atoms with E-state index in [2.05, 4.69) is 0 Å². The molecule has 0 fully saturated rings. The number of hydrogen-bond donors (Lipinski definition) is 2. The van der Waals surface area contributed by atoms with Gasteiger partial charge in [-0.3, -0.25) is 5.41 Å². The highest BCUT2D eigenvalue weighted by atomic mass is 79.9. The van der Waals surface area contributed by atoms with E-state index in [-0.39, 0.29) is 27.4 Å². The Morgan fingerprint density at radius 1 is 1.38 bits per heavy atom. The van der Waals surface area contributed by atoms with Crippen molar-refractivity contribution < 1.29 is 0 Å². The van der Waals surface area contributed by atoms with Gasteiger partial charge in [-0.2, -0.15) is 0 Å². The molecule has 1 unspecified atom stereocenters. The summed E-state index contributed by atoms with van der Waals surface area (Å²) in [6, 6.07) is 10.1. The van der Waals surface area contributed by atoms with Crippen molar-refractivity contribution in [3.05, 3.63) is 35.9 Å². The van der Waals surface area contributed by atoms with E-state index < -0.39 is 0 Å². The molecule has 0 radical (unpaired) electrons. The second kappa shape index (κ2) is 6.05. The summed E-state index contributed by atoms with van der Waals surface area (Å²) in [5.41, 5.74) is 6.48. The Balaban J connectivity index is 0.00000144. The van der Waals surface area contributed by atoms with Crippen LogP contribution >= 0.6 is 28.7 Å². The van der Waals surface area contributed by atoms with Crippen molar-refractivity contribution in [1.29, 1.82) is 5.41 Å². The van der Waals surface area contributed by atoms with Crippen LogP contribution in [0, 0.1) is 5.41 Å². The molecule has 72 valence electrons. The molecule has 0 saturated carbocycles. The third kappa shape index (κ3) is 4.33. The summed E-state index contributed by atoms with van der Waals surface area (Å²) in [5.74, 6) is 0. The summed E-state index contributed by atoms with van der Waals surface area (Å²) >= 11 is 1.37. The number of halogens is 1. The van der Waals surface area contributed by atoms with Crippen LogP contribution in [0.15, 0.2) is 30.3 Å². The van der Waals surface area contributed by atoms with E-state index in [1.54, 1.807) is 0 Å². The normalized spacial score (nSPS) is 11.5. The molecule has 0 bridgehead atoms. The van der Waals surface area contributed by atoms with Gasteiger partial charge in [0.1, 0.15) is 0 Å². The van der Waals surface area contributed by atoms with Crippen LogP contribution in [0.3, 0.4) is 0 Å². The molecule has 0 aliphatic heterocycles. The molecule has 0 aliphatic rings. The lowest BCUT2D eigenvalue weighted by Crippen LogP contribution is -2.05. The molecule has 0 saturated heterocycles. The van der Waals surface area contributed by atoms with Crippen LogP contribution in [0.4, 0.5) is 0 Å². The molecule has 3 N–H and O–H groups in total. The summed E-state index contributed by atoms with van der Waals surface area (Å²) in [6.07, 6.45) is 0. The molecular formula is C9H13BrN2S. The van der Waals surface area contributed by atoms with Crippen LogP contribution in [0.1, 0.15) is 17.7 Å². The van der Waals surface area contributed by atoms with Gasteiger partial charge in [-0.25, -0.2) is 0 Å². The fraction of sp³-hybridized carbons (Fsp3) is 0.222. The van der Waals surface area contributed by atoms with Crippen LogP contribution < -0.4 is 5.73 Å². The average molecular weight is 261 g/mol. The number of nitrogens with one attached hydrogen (secondary N) is 1. The Morgan fingerprint density at radius 3 is 2.38 bits per heavy atom. The van der Waals surface area contributed by atoms with Crippen molar-refractivity contribution >= 4 is 33.9 Å². The van der Waals surface area contributed by atoms with Crippen molar-refractivity contribution in [2.75, 3.05) is 0 Å². The lowest BCUT2D eigenvalue weighted by atomic mass is 10.2. The van der Waals surface area contributed by atoms with Gasteiger partial charge in [0.05, 0.1) is 0 Å². The number of amidine groups is 1. The number of nitrogens with two attached hydrogens (primary N) is 1. The predicted octanol–water partition coefficient (Wildman–Crippen LogP) is 2.95. The van der Waals surface area contributed by atoms with E-state index in [9.17, 15) is 0 Å². The highest BCUT2D eigenvalue weighted by Crippen LogP contribution is 2.26. The maximum Gasteiger partial charge on any atom is 0.151 e. The predicted molar refractivity (Wildman–Crippen MR) is 64.7 cm³/mol. The van der Waals surface area contributed by atoms with Gasteiger partial charge in [-0.15, -0.1) is 17.0 Å². The first-order valence-electron chi connectivity index (χ1n) is 3.76. The molecule has 1 aromatic rings.